The third-order valence-corrected chi connectivity index (χ3v) is 6.16. The number of carbonyl (C=O) groups is 1. The molecule has 5 rings (SSSR count). The van der Waals surface area contributed by atoms with Gasteiger partial charge in [0.25, 0.3) is 0 Å². The lowest BCUT2D eigenvalue weighted by Crippen LogP contribution is -2.26. The first-order valence-electron chi connectivity index (χ1n) is 9.36. The number of H-pyrrole nitrogens is 1. The fraction of sp³-hybridized carbons (Fsp3) is 0.0417. The molecule has 1 aromatic heterocycles. The Bertz CT molecular complexity index is 1260. The third kappa shape index (κ3) is 3.19. The lowest BCUT2D eigenvalue weighted by molar-refractivity contribution is 0.252. The minimum absolute atomic E-state index is 0.275. The number of aromatic nitrogens is 1. The first kappa shape index (κ1) is 17.6. The van der Waals surface area contributed by atoms with Crippen LogP contribution >= 0.6 is 11.8 Å². The maximum atomic E-state index is 12.6. The van der Waals surface area contributed by atoms with E-state index in [2.05, 4.69) is 35.4 Å². The molecule has 1 aliphatic rings. The van der Waals surface area contributed by atoms with E-state index in [0.29, 0.717) is 0 Å². The number of fused-ring (bicyclic) bond motifs is 1. The van der Waals surface area contributed by atoms with Crippen LogP contribution in [0.1, 0.15) is 11.1 Å². The van der Waals surface area contributed by atoms with E-state index in [1.807, 2.05) is 60.8 Å². The number of aryl methyl sites for hydroxylation is 1. The number of amides is 2. The number of carbonyl (C=O) groups excluding carboxylic acids is 1. The lowest BCUT2D eigenvalue weighted by Gasteiger charge is -2.19. The number of benzene rings is 3. The molecule has 5 heteroatoms. The molecule has 0 fully saturated rings. The van der Waals surface area contributed by atoms with E-state index in [1.54, 1.807) is 22.9 Å². The number of nitrogens with one attached hydrogen (secondary N) is 1. The molecule has 141 valence electrons. The van der Waals surface area contributed by atoms with Gasteiger partial charge < -0.3 is 4.98 Å². The van der Waals surface area contributed by atoms with Gasteiger partial charge >= 0.3 is 6.03 Å². The summed E-state index contributed by atoms with van der Waals surface area (Å²) in [6.45, 7) is 2.10. The molecular weight excluding hydrogens is 378 g/mol. The van der Waals surface area contributed by atoms with Crippen LogP contribution in [-0.4, -0.2) is 11.0 Å². The molecule has 29 heavy (non-hydrogen) atoms. The topological polar surface area (TPSA) is 50.2 Å². The Kier molecular flexibility index (Phi) is 4.37. The van der Waals surface area contributed by atoms with E-state index in [0.717, 1.165) is 32.7 Å². The van der Waals surface area contributed by atoms with Crippen molar-refractivity contribution in [1.82, 2.24) is 10.3 Å². The summed E-state index contributed by atoms with van der Waals surface area (Å²) in [4.78, 5) is 19.9. The smallest absolute Gasteiger partial charge is 0.352 e. The zero-order valence-electron chi connectivity index (χ0n) is 15.8. The third-order valence-electron chi connectivity index (χ3n) is 4.99. The lowest BCUT2D eigenvalue weighted by atomic mass is 10.1. The van der Waals surface area contributed by atoms with E-state index < -0.39 is 0 Å². The highest BCUT2D eigenvalue weighted by Gasteiger charge is 2.29. The van der Waals surface area contributed by atoms with Gasteiger partial charge in [-0.3, -0.25) is 4.90 Å². The number of hydrogen-bond acceptors (Lipinski definition) is 2. The van der Waals surface area contributed by atoms with Crippen LogP contribution < -0.4 is 10.2 Å². The van der Waals surface area contributed by atoms with Gasteiger partial charge in [-0.15, -0.1) is 0 Å². The zero-order chi connectivity index (χ0) is 19.8. The Balaban J connectivity index is 1.52. The van der Waals surface area contributed by atoms with E-state index in [1.165, 1.54) is 10.5 Å². The fourth-order valence-electron chi connectivity index (χ4n) is 3.54. The van der Waals surface area contributed by atoms with Gasteiger partial charge in [-0.1, -0.05) is 54.2 Å². The van der Waals surface area contributed by atoms with Crippen molar-refractivity contribution < 1.29 is 4.79 Å². The quantitative estimate of drug-likeness (QED) is 0.448. The SMILES string of the molecule is Cc1ccccc1Sc1cccc(N2C(=O)[N]C=C2c2c[nH]c3ccccc23)c1. The van der Waals surface area contributed by atoms with Crippen molar-refractivity contribution in [2.45, 2.75) is 16.7 Å². The molecule has 0 bridgehead atoms. The maximum Gasteiger partial charge on any atom is 0.352 e. The number of anilines is 1. The molecule has 0 aliphatic carbocycles. The summed E-state index contributed by atoms with van der Waals surface area (Å²) < 4.78 is 0. The molecule has 0 spiro atoms. The largest absolute Gasteiger partial charge is 0.360 e. The first-order valence-corrected chi connectivity index (χ1v) is 10.2. The van der Waals surface area contributed by atoms with E-state index in [-0.39, 0.29) is 6.03 Å². The number of hydrogen-bond donors (Lipinski definition) is 1. The molecule has 1 aliphatic heterocycles. The van der Waals surface area contributed by atoms with Gasteiger partial charge in [0, 0.05) is 32.5 Å². The second-order valence-corrected chi connectivity index (χ2v) is 7.99. The van der Waals surface area contributed by atoms with Crippen LogP contribution in [0.5, 0.6) is 0 Å². The van der Waals surface area contributed by atoms with Gasteiger partial charge in [-0.25, -0.2) is 4.79 Å². The normalized spacial score (nSPS) is 13.6. The van der Waals surface area contributed by atoms with Crippen LogP contribution in [0.2, 0.25) is 0 Å². The van der Waals surface area contributed by atoms with E-state index >= 15 is 0 Å². The number of rotatable bonds is 4. The Labute approximate surface area is 173 Å². The zero-order valence-corrected chi connectivity index (χ0v) is 16.6. The molecule has 0 atom stereocenters. The van der Waals surface area contributed by atoms with Gasteiger partial charge in [0.1, 0.15) is 0 Å². The predicted octanol–water partition coefficient (Wildman–Crippen LogP) is 6.17. The van der Waals surface area contributed by atoms with Crippen molar-refractivity contribution >= 4 is 40.1 Å². The van der Waals surface area contributed by atoms with Crippen molar-refractivity contribution in [1.29, 1.82) is 0 Å². The van der Waals surface area contributed by atoms with Gasteiger partial charge in [-0.2, -0.15) is 5.32 Å². The van der Waals surface area contributed by atoms with Crippen molar-refractivity contribution in [2.24, 2.45) is 0 Å². The Morgan fingerprint density at radius 2 is 1.79 bits per heavy atom. The second-order valence-electron chi connectivity index (χ2n) is 6.87. The molecule has 1 radical (unpaired) electrons. The molecule has 0 saturated carbocycles. The van der Waals surface area contributed by atoms with Gasteiger partial charge in [0.05, 0.1) is 17.6 Å². The summed E-state index contributed by atoms with van der Waals surface area (Å²) in [5.74, 6) is 0. The van der Waals surface area contributed by atoms with Crippen molar-refractivity contribution in [3.63, 3.8) is 0 Å². The van der Waals surface area contributed by atoms with Crippen molar-refractivity contribution in [3.8, 4) is 0 Å². The number of urea groups is 1. The van der Waals surface area contributed by atoms with Crippen LogP contribution in [0.25, 0.3) is 16.6 Å². The number of aromatic amines is 1. The molecule has 2 heterocycles. The molecule has 3 aromatic carbocycles. The molecule has 2 amide bonds. The summed E-state index contributed by atoms with van der Waals surface area (Å²) in [5.41, 5.74) is 4.82. The van der Waals surface area contributed by atoms with E-state index in [9.17, 15) is 4.79 Å². The molecule has 0 unspecified atom stereocenters. The molecular formula is C24H18N3OS. The summed E-state index contributed by atoms with van der Waals surface area (Å²) in [5, 5.41) is 5.14. The maximum absolute atomic E-state index is 12.6. The van der Waals surface area contributed by atoms with Crippen LogP contribution in [0.4, 0.5) is 10.5 Å². The van der Waals surface area contributed by atoms with Crippen molar-refractivity contribution in [2.75, 3.05) is 4.90 Å². The molecule has 4 nitrogen and oxygen atoms in total. The Morgan fingerprint density at radius 1 is 0.966 bits per heavy atom. The van der Waals surface area contributed by atoms with Crippen LogP contribution in [0, 0.1) is 6.92 Å². The second kappa shape index (κ2) is 7.18. The van der Waals surface area contributed by atoms with Crippen molar-refractivity contribution in [3.05, 3.63) is 96.3 Å². The average Bonchev–Trinajstić information content (AvgIpc) is 3.33. The summed E-state index contributed by atoms with van der Waals surface area (Å²) in [7, 11) is 0. The summed E-state index contributed by atoms with van der Waals surface area (Å²) in [6, 6.07) is 24.1. The molecule has 0 saturated heterocycles. The predicted molar refractivity (Wildman–Crippen MR) is 118 cm³/mol. The minimum atomic E-state index is -0.275. The van der Waals surface area contributed by atoms with Gasteiger partial charge in [0.15, 0.2) is 0 Å². The highest BCUT2D eigenvalue weighted by Crippen LogP contribution is 2.37. The Hall–Kier alpha value is -3.44. The standard InChI is InChI=1S/C24H18N3OS/c1-16-7-2-5-12-23(16)29-18-9-6-8-17(13-18)27-22(15-26-24(27)28)20-14-25-21-11-4-3-10-19(20)21/h2-15,25H,1H3. The molecule has 1 N–H and O–H groups in total. The average molecular weight is 396 g/mol. The van der Waals surface area contributed by atoms with E-state index in [4.69, 9.17) is 0 Å². The molecule has 4 aromatic rings. The number of para-hydroxylation sites is 1. The van der Waals surface area contributed by atoms with Crippen LogP contribution in [0.15, 0.2) is 95.0 Å². The highest BCUT2D eigenvalue weighted by atomic mass is 32.2. The monoisotopic (exact) mass is 396 g/mol. The Morgan fingerprint density at radius 3 is 2.69 bits per heavy atom. The van der Waals surface area contributed by atoms with Gasteiger partial charge in [0.2, 0.25) is 0 Å². The summed E-state index contributed by atoms with van der Waals surface area (Å²) in [6.07, 6.45) is 3.59. The summed E-state index contributed by atoms with van der Waals surface area (Å²) >= 11 is 1.70. The van der Waals surface area contributed by atoms with Gasteiger partial charge in [-0.05, 0) is 42.8 Å². The number of nitrogens with zero attached hydrogens (tertiary/aromatic N) is 2. The first-order chi connectivity index (χ1) is 14.2. The minimum Gasteiger partial charge on any atom is -0.360 e. The van der Waals surface area contributed by atoms with Crippen LogP contribution in [-0.2, 0) is 0 Å². The highest BCUT2D eigenvalue weighted by molar-refractivity contribution is 7.99. The fourth-order valence-corrected chi connectivity index (χ4v) is 4.50. The van der Waals surface area contributed by atoms with Crippen LogP contribution in [0.3, 0.4) is 0 Å².